The van der Waals surface area contributed by atoms with Gasteiger partial charge < -0.3 is 9.15 Å². The van der Waals surface area contributed by atoms with Crippen LogP contribution in [0, 0.1) is 6.92 Å². The predicted molar refractivity (Wildman–Crippen MR) is 99.1 cm³/mol. The van der Waals surface area contributed by atoms with E-state index in [9.17, 15) is 4.79 Å². The first-order valence-electron chi connectivity index (χ1n) is 8.35. The summed E-state index contributed by atoms with van der Waals surface area (Å²) in [6.07, 6.45) is 0. The van der Waals surface area contributed by atoms with Crippen molar-refractivity contribution in [3.63, 3.8) is 0 Å². The van der Waals surface area contributed by atoms with Crippen LogP contribution < -0.4 is 0 Å². The van der Waals surface area contributed by atoms with Crippen LogP contribution in [-0.2, 0) is 11.3 Å². The van der Waals surface area contributed by atoms with Crippen molar-refractivity contribution < 1.29 is 13.9 Å². The fraction of sp³-hybridized carbons (Fsp3) is 0.143. The molecule has 0 aliphatic rings. The fourth-order valence-corrected chi connectivity index (χ4v) is 3.02. The monoisotopic (exact) mass is 346 g/mol. The summed E-state index contributed by atoms with van der Waals surface area (Å²) < 4.78 is 12.4. The molecule has 26 heavy (non-hydrogen) atoms. The van der Waals surface area contributed by atoms with Gasteiger partial charge in [0.1, 0.15) is 5.69 Å². The van der Waals surface area contributed by atoms with Crippen LogP contribution in [0.15, 0.2) is 65.1 Å². The summed E-state index contributed by atoms with van der Waals surface area (Å²) in [5, 5.41) is 5.75. The Labute approximate surface area is 150 Å². The summed E-state index contributed by atoms with van der Waals surface area (Å²) in [5.41, 5.74) is 4.07. The van der Waals surface area contributed by atoms with Crippen molar-refractivity contribution in [2.45, 2.75) is 13.5 Å². The molecular formula is C21H18N2O3. The molecule has 2 aromatic carbocycles. The third-order valence-electron chi connectivity index (χ3n) is 4.31. The van der Waals surface area contributed by atoms with E-state index in [4.69, 9.17) is 14.3 Å². The van der Waals surface area contributed by atoms with Crippen molar-refractivity contribution in [3.8, 4) is 11.5 Å². The van der Waals surface area contributed by atoms with Gasteiger partial charge in [0, 0.05) is 5.39 Å². The Balaban J connectivity index is 1.83. The lowest BCUT2D eigenvalue weighted by Gasteiger charge is -2.04. The van der Waals surface area contributed by atoms with Gasteiger partial charge in [-0.15, -0.1) is 0 Å². The second-order valence-corrected chi connectivity index (χ2v) is 6.17. The number of carbonyl (C=O) groups is 1. The molecule has 0 radical (unpaired) electrons. The van der Waals surface area contributed by atoms with Crippen LogP contribution in [0.4, 0.5) is 0 Å². The standard InChI is InChI=1S/C21H18N2O3/c1-14-8-9-16-17(12-14)23(13-15-6-4-3-5-7-15)22-20(16)18-10-11-19(26-18)21(24)25-2/h3-12H,13H2,1-2H3. The Bertz CT molecular complexity index is 1080. The molecule has 0 fully saturated rings. The zero-order valence-corrected chi connectivity index (χ0v) is 14.6. The highest BCUT2D eigenvalue weighted by atomic mass is 16.5. The van der Waals surface area contributed by atoms with Crippen LogP contribution in [0.25, 0.3) is 22.4 Å². The molecule has 0 atom stereocenters. The number of aryl methyl sites for hydroxylation is 1. The molecule has 2 aromatic heterocycles. The molecule has 0 amide bonds. The van der Waals surface area contributed by atoms with Gasteiger partial charge >= 0.3 is 5.97 Å². The van der Waals surface area contributed by atoms with Crippen molar-refractivity contribution in [3.05, 3.63) is 77.6 Å². The number of aromatic nitrogens is 2. The highest BCUT2D eigenvalue weighted by molar-refractivity contribution is 5.93. The molecule has 0 bridgehead atoms. The number of methoxy groups -OCH3 is 1. The average molecular weight is 346 g/mol. The highest BCUT2D eigenvalue weighted by Gasteiger charge is 2.18. The third kappa shape index (κ3) is 2.88. The molecule has 4 rings (SSSR count). The summed E-state index contributed by atoms with van der Waals surface area (Å²) in [6.45, 7) is 2.71. The molecule has 0 aliphatic heterocycles. The molecular weight excluding hydrogens is 328 g/mol. The first-order valence-corrected chi connectivity index (χ1v) is 8.35. The number of furan rings is 1. The van der Waals surface area contributed by atoms with Crippen molar-refractivity contribution in [1.82, 2.24) is 9.78 Å². The van der Waals surface area contributed by atoms with Gasteiger partial charge in [-0.25, -0.2) is 4.79 Å². The first kappa shape index (κ1) is 16.1. The average Bonchev–Trinajstić information content (AvgIpc) is 3.27. The molecule has 2 heterocycles. The lowest BCUT2D eigenvalue weighted by atomic mass is 10.1. The van der Waals surface area contributed by atoms with E-state index in [0.717, 1.165) is 16.5 Å². The normalized spacial score (nSPS) is 11.0. The third-order valence-corrected chi connectivity index (χ3v) is 4.31. The van der Waals surface area contributed by atoms with Gasteiger partial charge in [0.15, 0.2) is 5.76 Å². The molecule has 130 valence electrons. The number of nitrogens with zero attached hydrogens (tertiary/aromatic N) is 2. The topological polar surface area (TPSA) is 57.3 Å². The SMILES string of the molecule is COC(=O)c1ccc(-c2nn(Cc3ccccc3)c3cc(C)ccc23)o1. The van der Waals surface area contributed by atoms with Crippen LogP contribution in [0.1, 0.15) is 21.7 Å². The number of rotatable bonds is 4. The van der Waals surface area contributed by atoms with Gasteiger partial charge in [-0.3, -0.25) is 4.68 Å². The minimum Gasteiger partial charge on any atom is -0.463 e. The molecule has 5 heteroatoms. The minimum absolute atomic E-state index is 0.167. The zero-order chi connectivity index (χ0) is 18.1. The second-order valence-electron chi connectivity index (χ2n) is 6.17. The van der Waals surface area contributed by atoms with E-state index < -0.39 is 5.97 Å². The van der Waals surface area contributed by atoms with Crippen LogP contribution >= 0.6 is 0 Å². The summed E-state index contributed by atoms with van der Waals surface area (Å²) >= 11 is 0. The van der Waals surface area contributed by atoms with Crippen molar-refractivity contribution in [2.75, 3.05) is 7.11 Å². The Morgan fingerprint density at radius 2 is 1.92 bits per heavy atom. The zero-order valence-electron chi connectivity index (χ0n) is 14.6. The minimum atomic E-state index is -0.500. The molecule has 5 nitrogen and oxygen atoms in total. The van der Waals surface area contributed by atoms with E-state index in [1.807, 2.05) is 35.0 Å². The fourth-order valence-electron chi connectivity index (χ4n) is 3.02. The van der Waals surface area contributed by atoms with Crippen molar-refractivity contribution in [1.29, 1.82) is 0 Å². The maximum atomic E-state index is 11.7. The molecule has 0 unspecified atom stereocenters. The quantitative estimate of drug-likeness (QED) is 0.513. The van der Waals surface area contributed by atoms with Gasteiger partial charge in [-0.2, -0.15) is 5.10 Å². The van der Waals surface area contributed by atoms with Crippen LogP contribution in [-0.4, -0.2) is 22.9 Å². The number of benzene rings is 2. The Morgan fingerprint density at radius 3 is 2.69 bits per heavy atom. The van der Waals surface area contributed by atoms with Crippen LogP contribution in [0.2, 0.25) is 0 Å². The van der Waals surface area contributed by atoms with Gasteiger partial charge in [0.05, 0.1) is 19.2 Å². The van der Waals surface area contributed by atoms with E-state index in [2.05, 4.69) is 25.1 Å². The van der Waals surface area contributed by atoms with Crippen LogP contribution in [0.3, 0.4) is 0 Å². The number of fused-ring (bicyclic) bond motifs is 1. The molecule has 0 spiro atoms. The number of hydrogen-bond acceptors (Lipinski definition) is 4. The molecule has 0 saturated carbocycles. The number of carbonyl (C=O) groups excluding carboxylic acids is 1. The maximum Gasteiger partial charge on any atom is 0.373 e. The Kier molecular flexibility index (Phi) is 4.05. The highest BCUT2D eigenvalue weighted by Crippen LogP contribution is 2.30. The summed E-state index contributed by atoms with van der Waals surface area (Å²) in [5.74, 6) is 0.214. The molecule has 0 N–H and O–H groups in total. The molecule has 0 saturated heterocycles. The summed E-state index contributed by atoms with van der Waals surface area (Å²) in [4.78, 5) is 11.7. The van der Waals surface area contributed by atoms with Crippen molar-refractivity contribution >= 4 is 16.9 Å². The Hall–Kier alpha value is -3.34. The van der Waals surface area contributed by atoms with Gasteiger partial charge in [0.2, 0.25) is 5.76 Å². The lowest BCUT2D eigenvalue weighted by molar-refractivity contribution is 0.0566. The van der Waals surface area contributed by atoms with Gasteiger partial charge in [0.25, 0.3) is 0 Å². The van der Waals surface area contributed by atoms with E-state index in [1.54, 1.807) is 12.1 Å². The first-order chi connectivity index (χ1) is 12.7. The van der Waals surface area contributed by atoms with Gasteiger partial charge in [-0.1, -0.05) is 42.5 Å². The summed E-state index contributed by atoms with van der Waals surface area (Å²) in [6, 6.07) is 19.7. The number of hydrogen-bond donors (Lipinski definition) is 0. The summed E-state index contributed by atoms with van der Waals surface area (Å²) in [7, 11) is 1.33. The Morgan fingerprint density at radius 1 is 1.12 bits per heavy atom. The number of ether oxygens (including phenoxy) is 1. The lowest BCUT2D eigenvalue weighted by Crippen LogP contribution is -2.01. The second kappa shape index (κ2) is 6.52. The number of esters is 1. The maximum absolute atomic E-state index is 11.7. The van der Waals surface area contributed by atoms with Gasteiger partial charge in [-0.05, 0) is 36.2 Å². The largest absolute Gasteiger partial charge is 0.463 e. The van der Waals surface area contributed by atoms with E-state index in [1.165, 1.54) is 12.7 Å². The molecule has 0 aliphatic carbocycles. The van der Waals surface area contributed by atoms with E-state index in [-0.39, 0.29) is 5.76 Å². The van der Waals surface area contributed by atoms with E-state index >= 15 is 0 Å². The predicted octanol–water partition coefficient (Wildman–Crippen LogP) is 4.44. The van der Waals surface area contributed by atoms with Crippen LogP contribution in [0.5, 0.6) is 0 Å². The van der Waals surface area contributed by atoms with E-state index in [0.29, 0.717) is 18.0 Å². The molecule has 4 aromatic rings. The van der Waals surface area contributed by atoms with Crippen molar-refractivity contribution in [2.24, 2.45) is 0 Å². The smallest absolute Gasteiger partial charge is 0.373 e.